The number of nitrogens with zero attached hydrogens (tertiary/aromatic N) is 1. The van der Waals surface area contributed by atoms with Crippen LogP contribution >= 0.6 is 0 Å². The number of hydrogen-bond acceptors (Lipinski definition) is 2. The summed E-state index contributed by atoms with van der Waals surface area (Å²) in [6, 6.07) is 17.4. The van der Waals surface area contributed by atoms with E-state index >= 15 is 0 Å². The van der Waals surface area contributed by atoms with Crippen LogP contribution in [0, 0.1) is 6.92 Å². The van der Waals surface area contributed by atoms with Gasteiger partial charge in [0.05, 0.1) is 0 Å². The van der Waals surface area contributed by atoms with Crippen LogP contribution in [0.15, 0.2) is 54.6 Å². The number of nitrogens with one attached hydrogen (secondary N) is 2. The van der Waals surface area contributed by atoms with Crippen molar-refractivity contribution in [3.63, 3.8) is 0 Å². The third-order valence-electron chi connectivity index (χ3n) is 4.72. The third-order valence-corrected chi connectivity index (χ3v) is 4.72. The Morgan fingerprint density at radius 1 is 1.00 bits per heavy atom. The van der Waals surface area contributed by atoms with Gasteiger partial charge < -0.3 is 15.5 Å². The van der Waals surface area contributed by atoms with Gasteiger partial charge in [-0.05, 0) is 37.5 Å². The number of piperidine rings is 1. The Hall–Kier alpha value is -2.82. The third kappa shape index (κ3) is 4.85. The molecule has 2 aromatic carbocycles. The van der Waals surface area contributed by atoms with E-state index in [0.29, 0.717) is 25.2 Å². The van der Waals surface area contributed by atoms with E-state index in [1.165, 1.54) is 5.56 Å². The quantitative estimate of drug-likeness (QED) is 0.889. The van der Waals surface area contributed by atoms with Crippen molar-refractivity contribution in [1.82, 2.24) is 15.5 Å². The predicted octanol–water partition coefficient (Wildman–Crippen LogP) is 3.10. The highest BCUT2D eigenvalue weighted by molar-refractivity contribution is 5.94. The van der Waals surface area contributed by atoms with Gasteiger partial charge in [-0.1, -0.05) is 48.0 Å². The van der Waals surface area contributed by atoms with E-state index in [1.54, 1.807) is 0 Å². The fourth-order valence-electron chi connectivity index (χ4n) is 3.08. The number of carbonyl (C=O) groups excluding carboxylic acids is 2. The molecule has 0 unspecified atom stereocenters. The number of aryl methyl sites for hydroxylation is 1. The molecule has 1 aliphatic rings. The van der Waals surface area contributed by atoms with Gasteiger partial charge in [-0.2, -0.15) is 0 Å². The topological polar surface area (TPSA) is 61.4 Å². The highest BCUT2D eigenvalue weighted by Gasteiger charge is 2.23. The summed E-state index contributed by atoms with van der Waals surface area (Å²) in [4.78, 5) is 26.3. The van der Waals surface area contributed by atoms with Crippen LogP contribution in [-0.2, 0) is 6.54 Å². The van der Waals surface area contributed by atoms with Gasteiger partial charge in [-0.3, -0.25) is 4.79 Å². The van der Waals surface area contributed by atoms with Gasteiger partial charge >= 0.3 is 6.03 Å². The lowest BCUT2D eigenvalue weighted by Gasteiger charge is -2.32. The van der Waals surface area contributed by atoms with Crippen molar-refractivity contribution >= 4 is 11.9 Å². The largest absolute Gasteiger partial charge is 0.349 e. The Bertz CT molecular complexity index is 736. The first-order valence-corrected chi connectivity index (χ1v) is 9.06. The Balaban J connectivity index is 1.42. The lowest BCUT2D eigenvalue weighted by atomic mass is 10.0. The highest BCUT2D eigenvalue weighted by atomic mass is 16.2. The summed E-state index contributed by atoms with van der Waals surface area (Å²) in [5, 5.41) is 6.03. The van der Waals surface area contributed by atoms with E-state index in [9.17, 15) is 9.59 Å². The van der Waals surface area contributed by atoms with Crippen LogP contribution in [0.5, 0.6) is 0 Å². The van der Waals surface area contributed by atoms with E-state index < -0.39 is 0 Å². The molecule has 3 amide bonds. The maximum atomic E-state index is 12.3. The summed E-state index contributed by atoms with van der Waals surface area (Å²) in [6.07, 6.45) is 1.55. The van der Waals surface area contributed by atoms with E-state index in [-0.39, 0.29) is 18.0 Å². The Kier molecular flexibility index (Phi) is 5.89. The van der Waals surface area contributed by atoms with Gasteiger partial charge in [0.1, 0.15) is 0 Å². The van der Waals surface area contributed by atoms with E-state index in [2.05, 4.69) is 10.6 Å². The van der Waals surface area contributed by atoms with E-state index in [4.69, 9.17) is 0 Å². The molecule has 0 spiro atoms. The molecule has 5 nitrogen and oxygen atoms in total. The Morgan fingerprint density at radius 2 is 1.65 bits per heavy atom. The van der Waals surface area contributed by atoms with Gasteiger partial charge in [-0.25, -0.2) is 4.79 Å². The zero-order valence-electron chi connectivity index (χ0n) is 15.1. The van der Waals surface area contributed by atoms with Gasteiger partial charge in [0, 0.05) is 31.2 Å². The molecule has 26 heavy (non-hydrogen) atoms. The fraction of sp³-hybridized carbons (Fsp3) is 0.333. The highest BCUT2D eigenvalue weighted by Crippen LogP contribution is 2.12. The van der Waals surface area contributed by atoms with Crippen molar-refractivity contribution in [3.05, 3.63) is 71.3 Å². The second-order valence-electron chi connectivity index (χ2n) is 6.75. The summed E-state index contributed by atoms with van der Waals surface area (Å²) >= 11 is 0. The van der Waals surface area contributed by atoms with Crippen LogP contribution in [-0.4, -0.2) is 36.0 Å². The molecule has 0 bridgehead atoms. The van der Waals surface area contributed by atoms with E-state index in [0.717, 1.165) is 18.4 Å². The summed E-state index contributed by atoms with van der Waals surface area (Å²) < 4.78 is 0. The fourth-order valence-corrected chi connectivity index (χ4v) is 3.08. The molecular formula is C21H25N3O2. The molecule has 0 saturated carbocycles. The number of amides is 3. The molecular weight excluding hydrogens is 326 g/mol. The van der Waals surface area contributed by atoms with Gasteiger partial charge in [0.15, 0.2) is 0 Å². The molecule has 1 fully saturated rings. The SMILES string of the molecule is Cc1ccc(CNC(=O)N2CCC(NC(=O)c3ccccc3)CC2)cc1. The number of rotatable bonds is 4. The molecule has 1 aliphatic heterocycles. The maximum Gasteiger partial charge on any atom is 0.317 e. The molecule has 1 heterocycles. The second kappa shape index (κ2) is 8.52. The molecule has 1 saturated heterocycles. The predicted molar refractivity (Wildman–Crippen MR) is 102 cm³/mol. The number of urea groups is 1. The normalized spacial score (nSPS) is 14.7. The van der Waals surface area contributed by atoms with Crippen molar-refractivity contribution in [2.24, 2.45) is 0 Å². The van der Waals surface area contributed by atoms with Crippen LogP contribution in [0.25, 0.3) is 0 Å². The first-order chi connectivity index (χ1) is 12.6. The van der Waals surface area contributed by atoms with Gasteiger partial charge in [-0.15, -0.1) is 0 Å². The maximum absolute atomic E-state index is 12.3. The smallest absolute Gasteiger partial charge is 0.317 e. The van der Waals surface area contributed by atoms with Crippen molar-refractivity contribution in [3.8, 4) is 0 Å². The summed E-state index contributed by atoms with van der Waals surface area (Å²) in [5.41, 5.74) is 2.97. The monoisotopic (exact) mass is 351 g/mol. The zero-order valence-corrected chi connectivity index (χ0v) is 15.1. The minimum Gasteiger partial charge on any atom is -0.349 e. The average Bonchev–Trinajstić information content (AvgIpc) is 2.68. The number of hydrogen-bond donors (Lipinski definition) is 2. The summed E-state index contributed by atoms with van der Waals surface area (Å²) in [6.45, 7) is 3.88. The average molecular weight is 351 g/mol. The lowest BCUT2D eigenvalue weighted by molar-refractivity contribution is 0.0918. The van der Waals surface area contributed by atoms with Gasteiger partial charge in [0.2, 0.25) is 0 Å². The molecule has 2 aromatic rings. The molecule has 0 radical (unpaired) electrons. The molecule has 0 aliphatic carbocycles. The van der Waals surface area contributed by atoms with Crippen molar-refractivity contribution < 1.29 is 9.59 Å². The van der Waals surface area contributed by atoms with Crippen LogP contribution < -0.4 is 10.6 Å². The Labute approximate surface area is 154 Å². The van der Waals surface area contributed by atoms with Crippen LogP contribution in [0.3, 0.4) is 0 Å². The minimum atomic E-state index is -0.0483. The van der Waals surface area contributed by atoms with Crippen LogP contribution in [0.2, 0.25) is 0 Å². The zero-order chi connectivity index (χ0) is 18.4. The molecule has 5 heteroatoms. The first-order valence-electron chi connectivity index (χ1n) is 9.06. The minimum absolute atomic E-state index is 0.0431. The number of carbonyl (C=O) groups is 2. The van der Waals surface area contributed by atoms with Crippen molar-refractivity contribution in [1.29, 1.82) is 0 Å². The standard InChI is InChI=1S/C21H25N3O2/c1-16-7-9-17(10-8-16)15-22-21(26)24-13-11-19(12-14-24)23-20(25)18-5-3-2-4-6-18/h2-10,19H,11-15H2,1H3,(H,22,26)(H,23,25). The summed E-state index contributed by atoms with van der Waals surface area (Å²) in [7, 11) is 0. The Morgan fingerprint density at radius 3 is 2.31 bits per heavy atom. The molecule has 2 N–H and O–H groups in total. The van der Waals surface area contributed by atoms with E-state index in [1.807, 2.05) is 66.4 Å². The molecule has 3 rings (SSSR count). The number of benzene rings is 2. The molecule has 0 aromatic heterocycles. The second-order valence-corrected chi connectivity index (χ2v) is 6.75. The molecule has 0 atom stereocenters. The van der Waals surface area contributed by atoms with Crippen LogP contribution in [0.4, 0.5) is 4.79 Å². The summed E-state index contributed by atoms with van der Waals surface area (Å²) in [5.74, 6) is -0.0483. The molecule has 136 valence electrons. The van der Waals surface area contributed by atoms with Crippen molar-refractivity contribution in [2.45, 2.75) is 32.4 Å². The van der Waals surface area contributed by atoms with Crippen molar-refractivity contribution in [2.75, 3.05) is 13.1 Å². The van der Waals surface area contributed by atoms with Crippen LogP contribution in [0.1, 0.15) is 34.3 Å². The lowest BCUT2D eigenvalue weighted by Crippen LogP contribution is -2.49. The number of likely N-dealkylation sites (tertiary alicyclic amines) is 1. The van der Waals surface area contributed by atoms with Gasteiger partial charge in [0.25, 0.3) is 5.91 Å². The first kappa shape index (κ1) is 18.0.